The quantitative estimate of drug-likeness (QED) is 0.613. The Morgan fingerprint density at radius 3 is 2.57 bits per heavy atom. The average Bonchev–Trinajstić information content (AvgIpc) is 2.15. The molecule has 0 saturated carbocycles. The zero-order chi connectivity index (χ0) is 10.7. The number of carbonyl (C=O) groups is 1. The number of esters is 1. The molecule has 0 aliphatic carbocycles. The van der Waals surface area contributed by atoms with Crippen molar-refractivity contribution in [3.63, 3.8) is 0 Å². The largest absolute Gasteiger partial charge is 0.465 e. The van der Waals surface area contributed by atoms with Gasteiger partial charge in [-0.15, -0.1) is 0 Å². The number of ether oxygens (including phenoxy) is 1. The molecule has 0 heterocycles. The Labute approximate surface area is 99.9 Å². The number of benzene rings is 1. The lowest BCUT2D eigenvalue weighted by molar-refractivity contribution is 0.0600. The molecule has 1 aromatic carbocycles. The summed E-state index contributed by atoms with van der Waals surface area (Å²) in [4.78, 5) is 11.4. The lowest BCUT2D eigenvalue weighted by atomic mass is 10.1. The van der Waals surface area contributed by atoms with Gasteiger partial charge < -0.3 is 4.74 Å². The highest BCUT2D eigenvalue weighted by molar-refractivity contribution is 9.11. The summed E-state index contributed by atoms with van der Waals surface area (Å²) in [6.07, 6.45) is 0. The molecule has 0 N–H and O–H groups in total. The highest BCUT2D eigenvalue weighted by atomic mass is 79.9. The van der Waals surface area contributed by atoms with Crippen LogP contribution in [0.3, 0.4) is 0 Å². The normalized spacial score (nSPS) is 12.3. The summed E-state index contributed by atoms with van der Waals surface area (Å²) < 4.78 is 5.53. The Hall–Kier alpha value is -0.350. The predicted molar refractivity (Wildman–Crippen MR) is 62.8 cm³/mol. The second-order valence-corrected chi connectivity index (χ2v) is 5.07. The van der Waals surface area contributed by atoms with E-state index in [-0.39, 0.29) is 10.8 Å². The van der Waals surface area contributed by atoms with Crippen molar-refractivity contribution in [2.45, 2.75) is 11.8 Å². The van der Waals surface area contributed by atoms with Crippen LogP contribution >= 0.6 is 31.9 Å². The first-order valence-corrected chi connectivity index (χ1v) is 5.79. The van der Waals surface area contributed by atoms with Crippen molar-refractivity contribution < 1.29 is 9.53 Å². The average molecular weight is 322 g/mol. The molecule has 0 saturated heterocycles. The van der Waals surface area contributed by atoms with Gasteiger partial charge in [-0.25, -0.2) is 4.79 Å². The van der Waals surface area contributed by atoms with Gasteiger partial charge in [-0.2, -0.15) is 0 Å². The first kappa shape index (κ1) is 11.7. The second kappa shape index (κ2) is 4.94. The van der Waals surface area contributed by atoms with E-state index in [4.69, 9.17) is 0 Å². The van der Waals surface area contributed by atoms with Gasteiger partial charge >= 0.3 is 5.97 Å². The molecule has 0 fully saturated rings. The lowest BCUT2D eigenvalue weighted by Crippen LogP contribution is -2.01. The van der Waals surface area contributed by atoms with E-state index in [2.05, 4.69) is 36.6 Å². The molecular formula is C10H10Br2O2. The van der Waals surface area contributed by atoms with Gasteiger partial charge in [0, 0.05) is 9.30 Å². The number of hydrogen-bond acceptors (Lipinski definition) is 2. The Morgan fingerprint density at radius 1 is 1.50 bits per heavy atom. The molecule has 1 aromatic rings. The van der Waals surface area contributed by atoms with Crippen molar-refractivity contribution in [3.8, 4) is 0 Å². The molecule has 4 heteroatoms. The van der Waals surface area contributed by atoms with Crippen LogP contribution in [0.1, 0.15) is 27.7 Å². The molecular weight excluding hydrogens is 312 g/mol. The van der Waals surface area contributed by atoms with Gasteiger partial charge in [0.05, 0.1) is 12.7 Å². The van der Waals surface area contributed by atoms with Crippen LogP contribution in [0.5, 0.6) is 0 Å². The molecule has 1 atom stereocenters. The van der Waals surface area contributed by atoms with Crippen LogP contribution < -0.4 is 0 Å². The van der Waals surface area contributed by atoms with Crippen molar-refractivity contribution >= 4 is 37.8 Å². The number of alkyl halides is 1. The van der Waals surface area contributed by atoms with Gasteiger partial charge in [-0.05, 0) is 24.6 Å². The maximum atomic E-state index is 11.2. The van der Waals surface area contributed by atoms with Crippen LogP contribution in [0.4, 0.5) is 0 Å². The summed E-state index contributed by atoms with van der Waals surface area (Å²) in [7, 11) is 1.37. The van der Waals surface area contributed by atoms with Gasteiger partial charge in [0.25, 0.3) is 0 Å². The van der Waals surface area contributed by atoms with Gasteiger partial charge in [0.15, 0.2) is 0 Å². The molecule has 2 nitrogen and oxygen atoms in total. The SMILES string of the molecule is COC(=O)c1ccc(C(C)Br)c(Br)c1. The number of halogens is 2. The van der Waals surface area contributed by atoms with E-state index in [1.807, 2.05) is 13.0 Å². The van der Waals surface area contributed by atoms with Gasteiger partial charge in [0.2, 0.25) is 0 Å². The molecule has 1 unspecified atom stereocenters. The van der Waals surface area contributed by atoms with Crippen molar-refractivity contribution in [3.05, 3.63) is 33.8 Å². The molecule has 76 valence electrons. The summed E-state index contributed by atoms with van der Waals surface area (Å²) in [6.45, 7) is 2.03. The number of methoxy groups -OCH3 is 1. The molecule has 1 rings (SSSR count). The fraction of sp³-hybridized carbons (Fsp3) is 0.300. The Balaban J connectivity index is 3.06. The fourth-order valence-corrected chi connectivity index (χ4v) is 2.52. The Kier molecular flexibility index (Phi) is 4.13. The minimum atomic E-state index is -0.320. The van der Waals surface area contributed by atoms with Gasteiger partial charge in [-0.3, -0.25) is 0 Å². The number of rotatable bonds is 2. The number of carbonyl (C=O) groups excluding carboxylic acids is 1. The van der Waals surface area contributed by atoms with Crippen molar-refractivity contribution in [1.82, 2.24) is 0 Å². The van der Waals surface area contributed by atoms with E-state index in [1.54, 1.807) is 12.1 Å². The molecule has 0 aliphatic rings. The minimum Gasteiger partial charge on any atom is -0.465 e. The minimum absolute atomic E-state index is 0.253. The van der Waals surface area contributed by atoms with E-state index >= 15 is 0 Å². The summed E-state index contributed by atoms with van der Waals surface area (Å²) in [5, 5.41) is 0. The lowest BCUT2D eigenvalue weighted by Gasteiger charge is -2.07. The molecule has 0 amide bonds. The van der Waals surface area contributed by atoms with Crippen molar-refractivity contribution in [2.75, 3.05) is 7.11 Å². The monoisotopic (exact) mass is 320 g/mol. The van der Waals surface area contributed by atoms with Crippen LogP contribution in [0.2, 0.25) is 0 Å². The smallest absolute Gasteiger partial charge is 0.337 e. The summed E-state index contributed by atoms with van der Waals surface area (Å²) in [5.74, 6) is -0.320. The Morgan fingerprint density at radius 2 is 2.14 bits per heavy atom. The molecule has 14 heavy (non-hydrogen) atoms. The van der Waals surface area contributed by atoms with E-state index in [0.717, 1.165) is 10.0 Å². The summed E-state index contributed by atoms with van der Waals surface area (Å²) in [6, 6.07) is 5.42. The van der Waals surface area contributed by atoms with Crippen LogP contribution in [-0.4, -0.2) is 13.1 Å². The zero-order valence-electron chi connectivity index (χ0n) is 7.88. The van der Waals surface area contributed by atoms with Crippen LogP contribution in [0.25, 0.3) is 0 Å². The van der Waals surface area contributed by atoms with E-state index in [9.17, 15) is 4.79 Å². The highest BCUT2D eigenvalue weighted by Gasteiger charge is 2.10. The molecule has 0 aromatic heterocycles. The summed E-state index contributed by atoms with van der Waals surface area (Å²) in [5.41, 5.74) is 1.66. The predicted octanol–water partition coefficient (Wildman–Crippen LogP) is 3.69. The molecule has 0 bridgehead atoms. The van der Waals surface area contributed by atoms with E-state index in [0.29, 0.717) is 5.56 Å². The third-order valence-electron chi connectivity index (χ3n) is 1.85. The molecule has 0 spiro atoms. The highest BCUT2D eigenvalue weighted by Crippen LogP contribution is 2.29. The summed E-state index contributed by atoms with van der Waals surface area (Å²) >= 11 is 6.87. The standard InChI is InChI=1S/C10H10Br2O2/c1-6(11)8-4-3-7(5-9(8)12)10(13)14-2/h3-6H,1-2H3. The van der Waals surface area contributed by atoms with Crippen LogP contribution in [0, 0.1) is 0 Å². The second-order valence-electron chi connectivity index (χ2n) is 2.84. The Bertz CT molecular complexity index is 348. The topological polar surface area (TPSA) is 26.3 Å². The number of hydrogen-bond donors (Lipinski definition) is 0. The zero-order valence-corrected chi connectivity index (χ0v) is 11.1. The molecule has 0 aliphatic heterocycles. The third kappa shape index (κ3) is 2.58. The van der Waals surface area contributed by atoms with Gasteiger partial charge in [-0.1, -0.05) is 37.9 Å². The van der Waals surface area contributed by atoms with Gasteiger partial charge in [0.1, 0.15) is 0 Å². The first-order valence-electron chi connectivity index (χ1n) is 4.08. The first-order chi connectivity index (χ1) is 6.56. The molecule has 0 radical (unpaired) electrons. The van der Waals surface area contributed by atoms with Crippen LogP contribution in [-0.2, 0) is 4.74 Å². The maximum absolute atomic E-state index is 11.2. The van der Waals surface area contributed by atoms with Crippen LogP contribution in [0.15, 0.2) is 22.7 Å². The van der Waals surface area contributed by atoms with E-state index in [1.165, 1.54) is 7.11 Å². The van der Waals surface area contributed by atoms with Crippen molar-refractivity contribution in [1.29, 1.82) is 0 Å². The van der Waals surface area contributed by atoms with E-state index < -0.39 is 0 Å². The maximum Gasteiger partial charge on any atom is 0.337 e. The van der Waals surface area contributed by atoms with Crippen molar-refractivity contribution in [2.24, 2.45) is 0 Å². The third-order valence-corrected chi connectivity index (χ3v) is 3.03. The fourth-order valence-electron chi connectivity index (χ4n) is 1.09.